The number of ether oxygens (including phenoxy) is 1. The molecule has 2 aromatic rings. The van der Waals surface area contributed by atoms with Gasteiger partial charge in [-0.3, -0.25) is 10.1 Å². The van der Waals surface area contributed by atoms with Gasteiger partial charge in [-0.2, -0.15) is 0 Å². The second-order valence-corrected chi connectivity index (χ2v) is 4.69. The van der Waals surface area contributed by atoms with Crippen LogP contribution in [0.5, 0.6) is 11.5 Å². The van der Waals surface area contributed by atoms with Gasteiger partial charge in [0.05, 0.1) is 22.7 Å². The fourth-order valence-corrected chi connectivity index (χ4v) is 1.98. The van der Waals surface area contributed by atoms with Crippen molar-refractivity contribution in [3.63, 3.8) is 0 Å². The molecule has 0 fully saturated rings. The first-order valence-electron chi connectivity index (χ1n) is 6.05. The third kappa shape index (κ3) is 3.55. The second-order valence-electron chi connectivity index (χ2n) is 4.28. The minimum Gasteiger partial charge on any atom is -0.504 e. The van der Waals surface area contributed by atoms with Gasteiger partial charge in [0, 0.05) is 18.7 Å². The molecule has 0 aliphatic carbocycles. The van der Waals surface area contributed by atoms with Gasteiger partial charge in [0.1, 0.15) is 0 Å². The Hall–Kier alpha value is -2.47. The molecule has 0 unspecified atom stereocenters. The molecule has 110 valence electrons. The van der Waals surface area contributed by atoms with Crippen molar-refractivity contribution >= 4 is 23.0 Å². The number of hydrogen-bond donors (Lipinski definition) is 2. The summed E-state index contributed by atoms with van der Waals surface area (Å²) in [7, 11) is 1.46. The Morgan fingerprint density at radius 3 is 2.76 bits per heavy atom. The number of hydrogen-bond acceptors (Lipinski definition) is 5. The maximum absolute atomic E-state index is 10.8. The van der Waals surface area contributed by atoms with Gasteiger partial charge in [0.2, 0.25) is 0 Å². The Morgan fingerprint density at radius 1 is 1.33 bits per heavy atom. The molecule has 6 nitrogen and oxygen atoms in total. The Balaban J connectivity index is 2.16. The third-order valence-corrected chi connectivity index (χ3v) is 3.22. The fraction of sp³-hybridized carbons (Fsp3) is 0.143. The van der Waals surface area contributed by atoms with E-state index in [0.717, 1.165) is 5.56 Å². The predicted molar refractivity (Wildman–Crippen MR) is 80.1 cm³/mol. The third-order valence-electron chi connectivity index (χ3n) is 2.89. The van der Waals surface area contributed by atoms with Crippen molar-refractivity contribution in [1.82, 2.24) is 0 Å². The number of nitrogens with one attached hydrogen (secondary N) is 1. The van der Waals surface area contributed by atoms with E-state index in [-0.39, 0.29) is 11.4 Å². The van der Waals surface area contributed by atoms with Crippen molar-refractivity contribution in [2.75, 3.05) is 12.4 Å². The highest BCUT2D eigenvalue weighted by Crippen LogP contribution is 2.29. The van der Waals surface area contributed by atoms with E-state index < -0.39 is 4.92 Å². The summed E-state index contributed by atoms with van der Waals surface area (Å²) in [6, 6.07) is 9.10. The zero-order valence-electron chi connectivity index (χ0n) is 11.2. The topological polar surface area (TPSA) is 84.6 Å². The smallest absolute Gasteiger partial charge is 0.271 e. The highest BCUT2D eigenvalue weighted by molar-refractivity contribution is 6.33. The fourth-order valence-electron chi connectivity index (χ4n) is 1.79. The van der Waals surface area contributed by atoms with Gasteiger partial charge in [-0.1, -0.05) is 17.7 Å². The van der Waals surface area contributed by atoms with E-state index in [1.165, 1.54) is 31.4 Å². The van der Waals surface area contributed by atoms with Gasteiger partial charge >= 0.3 is 0 Å². The molecule has 0 amide bonds. The van der Waals surface area contributed by atoms with E-state index in [4.69, 9.17) is 16.3 Å². The summed E-state index contributed by atoms with van der Waals surface area (Å²) in [4.78, 5) is 10.3. The number of anilines is 1. The van der Waals surface area contributed by atoms with Crippen molar-refractivity contribution in [3.8, 4) is 11.5 Å². The summed E-state index contributed by atoms with van der Waals surface area (Å²) in [6.07, 6.45) is 0. The molecule has 0 aliphatic heterocycles. The number of aromatic hydroxyl groups is 1. The zero-order valence-corrected chi connectivity index (χ0v) is 11.9. The van der Waals surface area contributed by atoms with Gasteiger partial charge in [-0.15, -0.1) is 0 Å². The van der Waals surface area contributed by atoms with Crippen molar-refractivity contribution in [3.05, 3.63) is 57.1 Å². The Kier molecular flexibility index (Phi) is 4.49. The molecular weight excluding hydrogens is 296 g/mol. The molecule has 0 radical (unpaired) electrons. The summed E-state index contributed by atoms with van der Waals surface area (Å²) in [5.74, 6) is 0.411. The maximum atomic E-state index is 10.8. The summed E-state index contributed by atoms with van der Waals surface area (Å²) >= 11 is 6.00. The Labute approximate surface area is 126 Å². The van der Waals surface area contributed by atoms with Crippen LogP contribution < -0.4 is 10.1 Å². The summed E-state index contributed by atoms with van der Waals surface area (Å²) in [6.45, 7) is 0.386. The van der Waals surface area contributed by atoms with Crippen molar-refractivity contribution in [1.29, 1.82) is 0 Å². The van der Waals surface area contributed by atoms with Crippen LogP contribution >= 0.6 is 11.6 Å². The molecule has 2 rings (SSSR count). The summed E-state index contributed by atoms with van der Waals surface area (Å²) in [5.41, 5.74) is 1.27. The predicted octanol–water partition coefficient (Wildman–Crippen LogP) is 3.57. The van der Waals surface area contributed by atoms with Gasteiger partial charge in [0.25, 0.3) is 5.69 Å². The number of benzene rings is 2. The molecule has 0 aliphatic rings. The molecule has 2 aromatic carbocycles. The molecule has 0 heterocycles. The number of rotatable bonds is 5. The molecule has 0 saturated heterocycles. The van der Waals surface area contributed by atoms with Crippen molar-refractivity contribution < 1.29 is 14.8 Å². The number of nitrogens with zero attached hydrogens (tertiary/aromatic N) is 1. The lowest BCUT2D eigenvalue weighted by Crippen LogP contribution is -2.01. The Morgan fingerprint density at radius 2 is 2.10 bits per heavy atom. The second kappa shape index (κ2) is 6.32. The van der Waals surface area contributed by atoms with Crippen molar-refractivity contribution in [2.24, 2.45) is 0 Å². The molecule has 0 bridgehead atoms. The number of non-ortho nitro benzene ring substituents is 1. The molecule has 0 aromatic heterocycles. The van der Waals surface area contributed by atoms with Gasteiger partial charge in [0.15, 0.2) is 11.5 Å². The molecule has 0 saturated carbocycles. The SMILES string of the molecule is COc1cc(CNc2cc([N+](=O)[O-])ccc2Cl)ccc1O. The van der Waals surface area contributed by atoms with E-state index in [0.29, 0.717) is 23.0 Å². The number of methoxy groups -OCH3 is 1. The lowest BCUT2D eigenvalue weighted by molar-refractivity contribution is -0.384. The molecular formula is C14H13ClN2O4. The quantitative estimate of drug-likeness (QED) is 0.651. The van der Waals surface area contributed by atoms with Crippen LogP contribution in [-0.2, 0) is 6.54 Å². The van der Waals surface area contributed by atoms with E-state index in [2.05, 4.69) is 5.32 Å². The van der Waals surface area contributed by atoms with Gasteiger partial charge < -0.3 is 15.2 Å². The first-order valence-corrected chi connectivity index (χ1v) is 6.42. The lowest BCUT2D eigenvalue weighted by Gasteiger charge is -2.10. The van der Waals surface area contributed by atoms with Crippen molar-refractivity contribution in [2.45, 2.75) is 6.54 Å². The molecule has 7 heteroatoms. The number of phenolic OH excluding ortho intramolecular Hbond substituents is 1. The van der Waals surface area contributed by atoms with E-state index >= 15 is 0 Å². The van der Waals surface area contributed by atoms with Crippen LogP contribution in [0.15, 0.2) is 36.4 Å². The summed E-state index contributed by atoms with van der Waals surface area (Å²) in [5, 5.41) is 23.7. The lowest BCUT2D eigenvalue weighted by atomic mass is 10.2. The van der Waals surface area contributed by atoms with Gasteiger partial charge in [-0.05, 0) is 23.8 Å². The van der Waals surface area contributed by atoms with Crippen LogP contribution in [-0.4, -0.2) is 17.1 Å². The first-order chi connectivity index (χ1) is 10.0. The maximum Gasteiger partial charge on any atom is 0.271 e. The summed E-state index contributed by atoms with van der Waals surface area (Å²) < 4.78 is 5.02. The van der Waals surface area contributed by atoms with Crippen LogP contribution in [0.25, 0.3) is 0 Å². The van der Waals surface area contributed by atoms with Crippen LogP contribution in [0, 0.1) is 10.1 Å². The average Bonchev–Trinajstić information content (AvgIpc) is 2.47. The number of halogens is 1. The largest absolute Gasteiger partial charge is 0.504 e. The van der Waals surface area contributed by atoms with E-state index in [1.807, 2.05) is 0 Å². The van der Waals surface area contributed by atoms with Crippen LogP contribution in [0.3, 0.4) is 0 Å². The van der Waals surface area contributed by atoms with E-state index in [1.54, 1.807) is 12.1 Å². The molecule has 0 spiro atoms. The number of nitro benzene ring substituents is 1. The minimum atomic E-state index is -0.481. The number of nitro groups is 1. The standard InChI is InChI=1S/C14H13ClN2O4/c1-21-14-6-9(2-5-13(14)18)8-16-12-7-10(17(19)20)3-4-11(12)15/h2-7,16,18H,8H2,1H3. The van der Waals surface area contributed by atoms with E-state index in [9.17, 15) is 15.2 Å². The average molecular weight is 309 g/mol. The van der Waals surface area contributed by atoms with Crippen LogP contribution in [0.1, 0.15) is 5.56 Å². The molecule has 2 N–H and O–H groups in total. The first kappa shape index (κ1) is 14.9. The van der Waals surface area contributed by atoms with Gasteiger partial charge in [-0.25, -0.2) is 0 Å². The number of phenols is 1. The minimum absolute atomic E-state index is 0.0369. The Bertz CT molecular complexity index is 676. The highest BCUT2D eigenvalue weighted by atomic mass is 35.5. The molecule has 0 atom stereocenters. The molecule has 21 heavy (non-hydrogen) atoms. The monoisotopic (exact) mass is 308 g/mol. The van der Waals surface area contributed by atoms with Crippen LogP contribution in [0.2, 0.25) is 5.02 Å². The highest BCUT2D eigenvalue weighted by Gasteiger charge is 2.10. The zero-order chi connectivity index (χ0) is 15.4. The normalized spacial score (nSPS) is 10.2. The van der Waals surface area contributed by atoms with Crippen LogP contribution in [0.4, 0.5) is 11.4 Å².